The molecule has 23 heavy (non-hydrogen) atoms. The van der Waals surface area contributed by atoms with E-state index in [0.29, 0.717) is 5.56 Å². The maximum absolute atomic E-state index is 10.9. The fourth-order valence-corrected chi connectivity index (χ4v) is 3.27. The van der Waals surface area contributed by atoms with Gasteiger partial charge in [-0.1, -0.05) is 42.5 Å². The summed E-state index contributed by atoms with van der Waals surface area (Å²) in [5.74, 6) is -0.907. The van der Waals surface area contributed by atoms with E-state index in [9.17, 15) is 9.90 Å². The number of aliphatic hydroxyl groups is 1. The lowest BCUT2D eigenvalue weighted by atomic mass is 10.00. The lowest BCUT2D eigenvalue weighted by molar-refractivity contribution is 0.0688. The van der Waals surface area contributed by atoms with Crippen LogP contribution in [0.3, 0.4) is 0 Å². The van der Waals surface area contributed by atoms with Gasteiger partial charge in [-0.3, -0.25) is 4.90 Å². The maximum Gasteiger partial charge on any atom is 0.335 e. The van der Waals surface area contributed by atoms with Crippen LogP contribution in [0.1, 0.15) is 40.4 Å². The highest BCUT2D eigenvalue weighted by atomic mass is 16.4. The molecule has 2 N–H and O–H groups in total. The van der Waals surface area contributed by atoms with E-state index in [4.69, 9.17) is 5.11 Å². The Morgan fingerprint density at radius 3 is 2.48 bits per heavy atom. The molecule has 2 atom stereocenters. The van der Waals surface area contributed by atoms with Crippen LogP contribution in [-0.2, 0) is 6.54 Å². The molecule has 2 aromatic carbocycles. The van der Waals surface area contributed by atoms with Gasteiger partial charge in [0.1, 0.15) is 0 Å². The van der Waals surface area contributed by atoms with Crippen molar-refractivity contribution in [3.8, 4) is 0 Å². The molecule has 1 aliphatic rings. The third-order valence-corrected chi connectivity index (χ3v) is 4.51. The van der Waals surface area contributed by atoms with Crippen molar-refractivity contribution in [1.29, 1.82) is 0 Å². The van der Waals surface area contributed by atoms with Crippen molar-refractivity contribution in [3.63, 3.8) is 0 Å². The number of rotatable bonds is 5. The number of hydrogen-bond acceptors (Lipinski definition) is 3. The summed E-state index contributed by atoms with van der Waals surface area (Å²) in [4.78, 5) is 13.2. The monoisotopic (exact) mass is 311 g/mol. The highest BCUT2D eigenvalue weighted by Gasteiger charge is 2.31. The second-order valence-corrected chi connectivity index (χ2v) is 6.04. The molecule has 0 aromatic heterocycles. The van der Waals surface area contributed by atoms with Crippen molar-refractivity contribution in [3.05, 3.63) is 71.3 Å². The minimum absolute atomic E-state index is 0.108. The molecule has 0 bridgehead atoms. The van der Waals surface area contributed by atoms with Gasteiger partial charge < -0.3 is 10.2 Å². The highest BCUT2D eigenvalue weighted by Crippen LogP contribution is 2.30. The topological polar surface area (TPSA) is 60.8 Å². The van der Waals surface area contributed by atoms with Gasteiger partial charge in [-0.15, -0.1) is 0 Å². The Morgan fingerprint density at radius 1 is 1.13 bits per heavy atom. The first-order valence-electron chi connectivity index (χ1n) is 7.94. The normalized spacial score (nSPS) is 19.6. The standard InChI is InChI=1S/C19H21NO3/c21-18(15-5-2-1-3-6-15)17-7-4-12-20(17)13-14-8-10-16(11-9-14)19(22)23/h1-3,5-6,8-11,17-18,21H,4,7,12-13H2,(H,22,23). The van der Waals surface area contributed by atoms with Crippen molar-refractivity contribution in [2.75, 3.05) is 6.54 Å². The lowest BCUT2D eigenvalue weighted by Gasteiger charge is -2.29. The Morgan fingerprint density at radius 2 is 1.83 bits per heavy atom. The Hall–Kier alpha value is -2.17. The second kappa shape index (κ2) is 6.94. The Balaban J connectivity index is 1.70. The Kier molecular flexibility index (Phi) is 4.74. The van der Waals surface area contributed by atoms with Crippen LogP contribution in [0.25, 0.3) is 0 Å². The van der Waals surface area contributed by atoms with E-state index in [1.54, 1.807) is 12.1 Å². The zero-order valence-electron chi connectivity index (χ0n) is 12.9. The molecule has 0 aliphatic carbocycles. The lowest BCUT2D eigenvalue weighted by Crippen LogP contribution is -2.34. The smallest absolute Gasteiger partial charge is 0.335 e. The van der Waals surface area contributed by atoms with E-state index in [0.717, 1.165) is 37.1 Å². The van der Waals surface area contributed by atoms with Gasteiger partial charge in [0.15, 0.2) is 0 Å². The molecule has 3 rings (SSSR count). The average Bonchev–Trinajstić information content (AvgIpc) is 3.03. The molecule has 0 spiro atoms. The molecule has 2 aromatic rings. The molecular formula is C19H21NO3. The molecule has 4 nitrogen and oxygen atoms in total. The molecule has 2 unspecified atom stereocenters. The Labute approximate surface area is 136 Å². The van der Waals surface area contributed by atoms with Gasteiger partial charge in [0, 0.05) is 12.6 Å². The van der Waals surface area contributed by atoms with E-state index < -0.39 is 12.1 Å². The van der Waals surface area contributed by atoms with Crippen LogP contribution < -0.4 is 0 Å². The first-order chi connectivity index (χ1) is 11.1. The third kappa shape index (κ3) is 3.60. The summed E-state index contributed by atoms with van der Waals surface area (Å²) in [7, 11) is 0. The van der Waals surface area contributed by atoms with Crippen LogP contribution in [-0.4, -0.2) is 33.7 Å². The quantitative estimate of drug-likeness (QED) is 0.891. The number of carboxylic acids is 1. The van der Waals surface area contributed by atoms with Gasteiger partial charge in [-0.2, -0.15) is 0 Å². The van der Waals surface area contributed by atoms with E-state index in [1.165, 1.54) is 0 Å². The average molecular weight is 311 g/mol. The van der Waals surface area contributed by atoms with Crippen molar-refractivity contribution in [2.24, 2.45) is 0 Å². The summed E-state index contributed by atoms with van der Waals surface area (Å²) in [5, 5.41) is 19.6. The zero-order valence-corrected chi connectivity index (χ0v) is 12.9. The fraction of sp³-hybridized carbons (Fsp3) is 0.316. The van der Waals surface area contributed by atoms with E-state index in [1.807, 2.05) is 42.5 Å². The minimum Gasteiger partial charge on any atom is -0.478 e. The molecular weight excluding hydrogens is 290 g/mol. The van der Waals surface area contributed by atoms with Gasteiger partial charge >= 0.3 is 5.97 Å². The number of carboxylic acid groups (broad SMARTS) is 1. The van der Waals surface area contributed by atoms with Crippen LogP contribution in [0.2, 0.25) is 0 Å². The summed E-state index contributed by atoms with van der Waals surface area (Å²) in [5.41, 5.74) is 2.32. The van der Waals surface area contributed by atoms with Crippen molar-refractivity contribution < 1.29 is 15.0 Å². The van der Waals surface area contributed by atoms with E-state index >= 15 is 0 Å². The van der Waals surface area contributed by atoms with Crippen molar-refractivity contribution >= 4 is 5.97 Å². The summed E-state index contributed by atoms with van der Waals surface area (Å²) < 4.78 is 0. The summed E-state index contributed by atoms with van der Waals surface area (Å²) in [6.07, 6.45) is 1.56. The molecule has 1 saturated heterocycles. The first kappa shape index (κ1) is 15.7. The van der Waals surface area contributed by atoms with Crippen molar-refractivity contribution in [2.45, 2.75) is 31.5 Å². The maximum atomic E-state index is 10.9. The predicted octanol–water partition coefficient (Wildman–Crippen LogP) is 3.08. The SMILES string of the molecule is O=C(O)c1ccc(CN2CCCC2C(O)c2ccccc2)cc1. The number of nitrogens with zero attached hydrogens (tertiary/aromatic N) is 1. The number of aliphatic hydroxyl groups excluding tert-OH is 1. The van der Waals surface area contributed by atoms with Crippen LogP contribution >= 0.6 is 0 Å². The van der Waals surface area contributed by atoms with Gasteiger partial charge in [0.05, 0.1) is 11.7 Å². The molecule has 0 radical (unpaired) electrons. The molecule has 1 aliphatic heterocycles. The Bertz CT molecular complexity index is 654. The molecule has 4 heteroatoms. The summed E-state index contributed by atoms with van der Waals surface area (Å²) in [6, 6.07) is 16.9. The van der Waals surface area contributed by atoms with Crippen LogP contribution in [0.5, 0.6) is 0 Å². The van der Waals surface area contributed by atoms with E-state index in [-0.39, 0.29) is 6.04 Å². The zero-order chi connectivity index (χ0) is 16.2. The van der Waals surface area contributed by atoms with Crippen LogP contribution in [0, 0.1) is 0 Å². The fourth-order valence-electron chi connectivity index (χ4n) is 3.27. The minimum atomic E-state index is -0.907. The van der Waals surface area contributed by atoms with Gasteiger partial charge in [-0.05, 0) is 42.6 Å². The third-order valence-electron chi connectivity index (χ3n) is 4.51. The number of aromatic carboxylic acids is 1. The number of likely N-dealkylation sites (tertiary alicyclic amines) is 1. The first-order valence-corrected chi connectivity index (χ1v) is 7.94. The number of benzene rings is 2. The summed E-state index contributed by atoms with van der Waals surface area (Å²) >= 11 is 0. The largest absolute Gasteiger partial charge is 0.478 e. The molecule has 120 valence electrons. The van der Waals surface area contributed by atoms with Crippen LogP contribution in [0.4, 0.5) is 0 Å². The van der Waals surface area contributed by atoms with Crippen LogP contribution in [0.15, 0.2) is 54.6 Å². The second-order valence-electron chi connectivity index (χ2n) is 6.04. The highest BCUT2D eigenvalue weighted by molar-refractivity contribution is 5.87. The van der Waals surface area contributed by atoms with Gasteiger partial charge in [0.2, 0.25) is 0 Å². The molecule has 1 heterocycles. The molecule has 0 saturated carbocycles. The molecule has 1 fully saturated rings. The van der Waals surface area contributed by atoms with Gasteiger partial charge in [-0.25, -0.2) is 4.79 Å². The van der Waals surface area contributed by atoms with Crippen molar-refractivity contribution in [1.82, 2.24) is 4.90 Å². The predicted molar refractivity (Wildman–Crippen MR) is 88.2 cm³/mol. The van der Waals surface area contributed by atoms with Gasteiger partial charge in [0.25, 0.3) is 0 Å². The number of carbonyl (C=O) groups is 1. The van der Waals surface area contributed by atoms with E-state index in [2.05, 4.69) is 4.90 Å². The molecule has 0 amide bonds. The number of hydrogen-bond donors (Lipinski definition) is 2. The summed E-state index contributed by atoms with van der Waals surface area (Å²) in [6.45, 7) is 1.68.